The van der Waals surface area contributed by atoms with Gasteiger partial charge in [0.05, 0.1) is 6.54 Å². The molecule has 0 saturated carbocycles. The predicted octanol–water partition coefficient (Wildman–Crippen LogP) is 1.67. The number of aromatic hydroxyl groups is 1. The highest BCUT2D eigenvalue weighted by Gasteiger charge is 2.20. The molecule has 0 aromatic heterocycles. The third kappa shape index (κ3) is 4.63. The standard InChI is InChI=1S/C17H27N3O2/c1-13(2)14(3)18-17(22)12-19-8-10-20(11-9-19)15-4-6-16(21)7-5-15/h4-7,13-14,21H,8-12H2,1-3H3,(H,18,22)/t14-/m1/s1. The van der Waals surface area contributed by atoms with E-state index in [-0.39, 0.29) is 11.9 Å². The molecule has 0 bridgehead atoms. The van der Waals surface area contributed by atoms with Crippen molar-refractivity contribution in [2.45, 2.75) is 26.8 Å². The molecule has 1 heterocycles. The number of nitrogens with zero attached hydrogens (tertiary/aromatic N) is 2. The van der Waals surface area contributed by atoms with Crippen molar-refractivity contribution in [1.82, 2.24) is 10.2 Å². The highest BCUT2D eigenvalue weighted by molar-refractivity contribution is 5.78. The molecule has 0 unspecified atom stereocenters. The number of carbonyl (C=O) groups excluding carboxylic acids is 1. The number of hydrogen-bond acceptors (Lipinski definition) is 4. The zero-order valence-corrected chi connectivity index (χ0v) is 13.7. The zero-order chi connectivity index (χ0) is 16.1. The second-order valence-electron chi connectivity index (χ2n) is 6.38. The fourth-order valence-electron chi connectivity index (χ4n) is 2.50. The highest BCUT2D eigenvalue weighted by Crippen LogP contribution is 2.19. The molecule has 1 saturated heterocycles. The molecule has 2 rings (SSSR count). The van der Waals surface area contributed by atoms with Crippen LogP contribution in [0.25, 0.3) is 0 Å². The Labute approximate surface area is 132 Å². The van der Waals surface area contributed by atoms with Gasteiger partial charge in [0.2, 0.25) is 5.91 Å². The SMILES string of the molecule is CC(C)[C@@H](C)NC(=O)CN1CCN(c2ccc(O)cc2)CC1. The molecule has 1 aromatic rings. The average molecular weight is 305 g/mol. The van der Waals surface area contributed by atoms with E-state index in [0.29, 0.717) is 18.2 Å². The van der Waals surface area contributed by atoms with E-state index >= 15 is 0 Å². The minimum Gasteiger partial charge on any atom is -0.508 e. The summed E-state index contributed by atoms with van der Waals surface area (Å²) in [6.07, 6.45) is 0. The number of piperazine rings is 1. The van der Waals surface area contributed by atoms with Crippen LogP contribution in [0.2, 0.25) is 0 Å². The van der Waals surface area contributed by atoms with Gasteiger partial charge in [-0.25, -0.2) is 0 Å². The summed E-state index contributed by atoms with van der Waals surface area (Å²) in [6.45, 7) is 10.3. The largest absolute Gasteiger partial charge is 0.508 e. The Morgan fingerprint density at radius 3 is 2.27 bits per heavy atom. The number of amides is 1. The molecule has 1 aliphatic rings. The van der Waals surface area contributed by atoms with E-state index < -0.39 is 0 Å². The molecule has 1 atom stereocenters. The molecule has 0 spiro atoms. The topological polar surface area (TPSA) is 55.8 Å². The minimum atomic E-state index is 0.110. The Hall–Kier alpha value is -1.75. The first-order valence-electron chi connectivity index (χ1n) is 8.01. The summed E-state index contributed by atoms with van der Waals surface area (Å²) < 4.78 is 0. The van der Waals surface area contributed by atoms with Gasteiger partial charge in [-0.2, -0.15) is 0 Å². The van der Waals surface area contributed by atoms with Gasteiger partial charge in [-0.05, 0) is 37.1 Å². The molecule has 0 aliphatic carbocycles. The molecule has 5 nitrogen and oxygen atoms in total. The van der Waals surface area contributed by atoms with Crippen LogP contribution >= 0.6 is 0 Å². The van der Waals surface area contributed by atoms with Crippen LogP contribution < -0.4 is 10.2 Å². The first-order valence-corrected chi connectivity index (χ1v) is 8.01. The first-order chi connectivity index (χ1) is 10.5. The third-order valence-electron chi connectivity index (χ3n) is 4.34. The van der Waals surface area contributed by atoms with Crippen LogP contribution in [0.5, 0.6) is 5.75 Å². The van der Waals surface area contributed by atoms with Crippen LogP contribution in [0.15, 0.2) is 24.3 Å². The fourth-order valence-corrected chi connectivity index (χ4v) is 2.50. The summed E-state index contributed by atoms with van der Waals surface area (Å²) in [5.74, 6) is 0.855. The van der Waals surface area contributed by atoms with Crippen LogP contribution in [0.3, 0.4) is 0 Å². The van der Waals surface area contributed by atoms with Crippen molar-refractivity contribution in [3.05, 3.63) is 24.3 Å². The number of nitrogens with one attached hydrogen (secondary N) is 1. The van der Waals surface area contributed by atoms with E-state index in [9.17, 15) is 9.90 Å². The molecular weight excluding hydrogens is 278 g/mol. The monoisotopic (exact) mass is 305 g/mol. The molecule has 122 valence electrons. The second-order valence-corrected chi connectivity index (χ2v) is 6.38. The maximum Gasteiger partial charge on any atom is 0.234 e. The third-order valence-corrected chi connectivity index (χ3v) is 4.34. The maximum absolute atomic E-state index is 12.0. The van der Waals surface area contributed by atoms with Crippen molar-refractivity contribution in [3.8, 4) is 5.75 Å². The number of carbonyl (C=O) groups is 1. The van der Waals surface area contributed by atoms with Gasteiger partial charge in [0.1, 0.15) is 5.75 Å². The number of phenolic OH excluding ortho intramolecular Hbond substituents is 1. The number of anilines is 1. The van der Waals surface area contributed by atoms with E-state index in [1.54, 1.807) is 12.1 Å². The fraction of sp³-hybridized carbons (Fsp3) is 0.588. The van der Waals surface area contributed by atoms with Gasteiger partial charge in [0, 0.05) is 37.9 Å². The van der Waals surface area contributed by atoms with E-state index in [1.807, 2.05) is 19.1 Å². The summed E-state index contributed by atoms with van der Waals surface area (Å²) in [5.41, 5.74) is 1.12. The Morgan fingerprint density at radius 2 is 1.73 bits per heavy atom. The molecule has 22 heavy (non-hydrogen) atoms. The summed E-state index contributed by atoms with van der Waals surface area (Å²) in [6, 6.07) is 7.50. The van der Waals surface area contributed by atoms with Crippen molar-refractivity contribution in [2.24, 2.45) is 5.92 Å². The van der Waals surface area contributed by atoms with E-state index in [2.05, 4.69) is 29.0 Å². The lowest BCUT2D eigenvalue weighted by atomic mass is 10.1. The second kappa shape index (κ2) is 7.49. The number of phenols is 1. The predicted molar refractivity (Wildman–Crippen MR) is 89.2 cm³/mol. The van der Waals surface area contributed by atoms with Crippen LogP contribution in [0, 0.1) is 5.92 Å². The minimum absolute atomic E-state index is 0.110. The quantitative estimate of drug-likeness (QED) is 0.869. The summed E-state index contributed by atoms with van der Waals surface area (Å²) in [4.78, 5) is 16.5. The van der Waals surface area contributed by atoms with E-state index in [0.717, 1.165) is 31.9 Å². The number of benzene rings is 1. The zero-order valence-electron chi connectivity index (χ0n) is 13.7. The smallest absolute Gasteiger partial charge is 0.234 e. The number of rotatable bonds is 5. The molecule has 1 fully saturated rings. The summed E-state index contributed by atoms with van der Waals surface area (Å²) >= 11 is 0. The Balaban J connectivity index is 1.77. The van der Waals surface area contributed by atoms with Gasteiger partial charge in [-0.1, -0.05) is 13.8 Å². The van der Waals surface area contributed by atoms with Gasteiger partial charge in [-0.3, -0.25) is 9.69 Å². The van der Waals surface area contributed by atoms with Gasteiger partial charge in [0.25, 0.3) is 0 Å². The van der Waals surface area contributed by atoms with Crippen molar-refractivity contribution in [3.63, 3.8) is 0 Å². The van der Waals surface area contributed by atoms with Crippen LogP contribution in [0.1, 0.15) is 20.8 Å². The summed E-state index contributed by atoms with van der Waals surface area (Å²) in [5, 5.41) is 12.4. The van der Waals surface area contributed by atoms with Gasteiger partial charge in [-0.15, -0.1) is 0 Å². The normalized spacial score (nSPS) is 17.5. The van der Waals surface area contributed by atoms with Gasteiger partial charge in [0.15, 0.2) is 0 Å². The molecule has 1 aliphatic heterocycles. The van der Waals surface area contributed by atoms with E-state index in [1.165, 1.54) is 0 Å². The van der Waals surface area contributed by atoms with Crippen molar-refractivity contribution >= 4 is 11.6 Å². The van der Waals surface area contributed by atoms with Gasteiger partial charge < -0.3 is 15.3 Å². The Bertz CT molecular complexity index is 479. The molecule has 1 aromatic carbocycles. The lowest BCUT2D eigenvalue weighted by molar-refractivity contribution is -0.123. The van der Waals surface area contributed by atoms with E-state index in [4.69, 9.17) is 0 Å². The molecule has 0 radical (unpaired) electrons. The average Bonchev–Trinajstić information content (AvgIpc) is 2.48. The first kappa shape index (κ1) is 16.6. The van der Waals surface area contributed by atoms with Crippen molar-refractivity contribution in [2.75, 3.05) is 37.6 Å². The van der Waals surface area contributed by atoms with Crippen molar-refractivity contribution in [1.29, 1.82) is 0 Å². The van der Waals surface area contributed by atoms with Crippen LogP contribution in [-0.4, -0.2) is 54.7 Å². The Morgan fingerprint density at radius 1 is 1.14 bits per heavy atom. The maximum atomic E-state index is 12.0. The molecule has 1 amide bonds. The Kier molecular flexibility index (Phi) is 5.66. The van der Waals surface area contributed by atoms with Crippen LogP contribution in [0.4, 0.5) is 5.69 Å². The molecular formula is C17H27N3O2. The van der Waals surface area contributed by atoms with Crippen LogP contribution in [-0.2, 0) is 4.79 Å². The lowest BCUT2D eigenvalue weighted by Gasteiger charge is -2.36. The molecule has 2 N–H and O–H groups in total. The summed E-state index contributed by atoms with van der Waals surface area (Å²) in [7, 11) is 0. The number of hydrogen-bond donors (Lipinski definition) is 2. The van der Waals surface area contributed by atoms with Gasteiger partial charge >= 0.3 is 0 Å². The lowest BCUT2D eigenvalue weighted by Crippen LogP contribution is -2.50. The molecule has 5 heteroatoms. The highest BCUT2D eigenvalue weighted by atomic mass is 16.3. The van der Waals surface area contributed by atoms with Crippen molar-refractivity contribution < 1.29 is 9.90 Å².